The van der Waals surface area contributed by atoms with Crippen LogP contribution in [0.25, 0.3) is 16.0 Å². The van der Waals surface area contributed by atoms with Crippen molar-refractivity contribution in [2.24, 2.45) is 5.73 Å². The molecule has 96 valence electrons. The number of thiophene rings is 1. The Hall–Kier alpha value is -1.93. The third-order valence-electron chi connectivity index (χ3n) is 2.87. The first-order chi connectivity index (χ1) is 9.08. The Kier molecular flexibility index (Phi) is 2.76. The second-order valence-electron chi connectivity index (χ2n) is 4.04. The van der Waals surface area contributed by atoms with E-state index < -0.39 is 0 Å². The molecule has 0 saturated carbocycles. The van der Waals surface area contributed by atoms with E-state index in [9.17, 15) is 0 Å². The van der Waals surface area contributed by atoms with Crippen molar-refractivity contribution in [3.8, 4) is 5.82 Å². The maximum Gasteiger partial charge on any atom is 0.208 e. The van der Waals surface area contributed by atoms with Gasteiger partial charge in [-0.05, 0) is 19.4 Å². The Balaban J connectivity index is 2.26. The van der Waals surface area contributed by atoms with Crippen LogP contribution in [0.4, 0.5) is 0 Å². The van der Waals surface area contributed by atoms with Crippen LogP contribution in [0.5, 0.6) is 0 Å². The predicted molar refractivity (Wildman–Crippen MR) is 77.7 cm³/mol. The van der Waals surface area contributed by atoms with Gasteiger partial charge in [0, 0.05) is 4.88 Å². The van der Waals surface area contributed by atoms with Gasteiger partial charge in [-0.3, -0.25) is 0 Å². The fourth-order valence-electron chi connectivity index (χ4n) is 1.82. The highest BCUT2D eigenvalue weighted by Gasteiger charge is 2.15. The van der Waals surface area contributed by atoms with Crippen molar-refractivity contribution < 1.29 is 0 Å². The molecule has 3 rings (SSSR count). The largest absolute Gasteiger partial charge is 0.387 e. The molecule has 0 atom stereocenters. The minimum absolute atomic E-state index is 0.169. The highest BCUT2D eigenvalue weighted by Crippen LogP contribution is 2.31. The normalized spacial score (nSPS) is 11.1. The van der Waals surface area contributed by atoms with Crippen molar-refractivity contribution in [3.05, 3.63) is 28.9 Å². The Bertz CT molecular complexity index is 788. The summed E-state index contributed by atoms with van der Waals surface area (Å²) in [5.74, 6) is 1.04. The molecule has 3 aromatic rings. The van der Waals surface area contributed by atoms with E-state index in [4.69, 9.17) is 18.0 Å². The minimum atomic E-state index is 0.169. The number of aromatic nitrogens is 5. The second-order valence-corrected chi connectivity index (χ2v) is 5.68. The minimum Gasteiger partial charge on any atom is -0.387 e. The zero-order valence-corrected chi connectivity index (χ0v) is 11.9. The maximum atomic E-state index is 5.51. The van der Waals surface area contributed by atoms with Crippen molar-refractivity contribution >= 4 is 38.8 Å². The number of nitrogens with two attached hydrogens (primary N) is 1. The summed E-state index contributed by atoms with van der Waals surface area (Å²) in [7, 11) is 0. The van der Waals surface area contributed by atoms with E-state index in [1.807, 2.05) is 6.92 Å². The first kappa shape index (κ1) is 12.1. The summed E-state index contributed by atoms with van der Waals surface area (Å²) in [6.07, 6.45) is 3.08. The lowest BCUT2D eigenvalue weighted by Gasteiger charge is -2.01. The molecule has 0 aliphatic carbocycles. The number of hydrogen-bond donors (Lipinski definition) is 1. The van der Waals surface area contributed by atoms with Gasteiger partial charge in [-0.1, -0.05) is 12.2 Å². The van der Waals surface area contributed by atoms with Crippen LogP contribution in [-0.2, 0) is 0 Å². The van der Waals surface area contributed by atoms with Crippen LogP contribution in [0, 0.1) is 13.8 Å². The Morgan fingerprint density at radius 3 is 2.79 bits per heavy atom. The fraction of sp³-hybridized carbons (Fsp3) is 0.182. The zero-order valence-electron chi connectivity index (χ0n) is 10.3. The summed E-state index contributed by atoms with van der Waals surface area (Å²) in [5, 5.41) is 5.22. The van der Waals surface area contributed by atoms with Crippen LogP contribution in [-0.4, -0.2) is 29.7 Å². The van der Waals surface area contributed by atoms with Crippen LogP contribution >= 0.6 is 23.6 Å². The molecule has 0 bridgehead atoms. The molecule has 0 amide bonds. The van der Waals surface area contributed by atoms with Gasteiger partial charge in [0.1, 0.15) is 22.5 Å². The lowest BCUT2D eigenvalue weighted by Crippen LogP contribution is -2.12. The van der Waals surface area contributed by atoms with Gasteiger partial charge in [0.2, 0.25) is 5.82 Å². The van der Waals surface area contributed by atoms with E-state index in [0.29, 0.717) is 11.6 Å². The van der Waals surface area contributed by atoms with Crippen molar-refractivity contribution in [2.75, 3.05) is 0 Å². The molecule has 2 N–H and O–H groups in total. The van der Waals surface area contributed by atoms with Crippen molar-refractivity contribution in [3.63, 3.8) is 0 Å². The molecule has 3 heterocycles. The average molecular weight is 290 g/mol. The number of aryl methyl sites for hydroxylation is 2. The first-order valence-electron chi connectivity index (χ1n) is 5.50. The number of thiocarbonyl (C=S) groups is 1. The van der Waals surface area contributed by atoms with Gasteiger partial charge in [0.05, 0.1) is 5.39 Å². The van der Waals surface area contributed by atoms with Gasteiger partial charge >= 0.3 is 0 Å². The van der Waals surface area contributed by atoms with Gasteiger partial charge < -0.3 is 5.73 Å². The van der Waals surface area contributed by atoms with Gasteiger partial charge in [0.25, 0.3) is 0 Å². The molecule has 0 saturated heterocycles. The highest BCUT2D eigenvalue weighted by molar-refractivity contribution is 7.80. The highest BCUT2D eigenvalue weighted by atomic mass is 32.1. The second kappa shape index (κ2) is 4.32. The number of fused-ring (bicyclic) bond motifs is 1. The summed E-state index contributed by atoms with van der Waals surface area (Å²) in [6, 6.07) is 0. The molecular formula is C11H10N6S2. The van der Waals surface area contributed by atoms with E-state index >= 15 is 0 Å². The monoisotopic (exact) mass is 290 g/mol. The third kappa shape index (κ3) is 1.89. The van der Waals surface area contributed by atoms with E-state index in [-0.39, 0.29) is 4.99 Å². The molecule has 0 fully saturated rings. The Morgan fingerprint density at radius 2 is 2.11 bits per heavy atom. The average Bonchev–Trinajstić information content (AvgIpc) is 2.96. The third-order valence-corrected chi connectivity index (χ3v) is 4.17. The molecular weight excluding hydrogens is 280 g/mol. The fourth-order valence-corrected chi connectivity index (χ4v) is 2.90. The van der Waals surface area contributed by atoms with Crippen molar-refractivity contribution in [1.82, 2.24) is 24.7 Å². The van der Waals surface area contributed by atoms with Crippen LogP contribution in [0.1, 0.15) is 16.3 Å². The van der Waals surface area contributed by atoms with Gasteiger partial charge in [-0.25, -0.2) is 19.6 Å². The van der Waals surface area contributed by atoms with Crippen LogP contribution < -0.4 is 5.73 Å². The quantitative estimate of drug-likeness (QED) is 0.721. The number of rotatable bonds is 2. The van der Waals surface area contributed by atoms with E-state index in [1.165, 1.54) is 11.2 Å². The molecule has 19 heavy (non-hydrogen) atoms. The molecule has 0 unspecified atom stereocenters. The Morgan fingerprint density at radius 1 is 1.32 bits per heavy atom. The summed E-state index contributed by atoms with van der Waals surface area (Å²) in [5.41, 5.74) is 6.67. The van der Waals surface area contributed by atoms with E-state index in [0.717, 1.165) is 15.8 Å². The SMILES string of the molecule is Cc1sc2ncnc(-n3cnc(C(N)=S)n3)c2c1C. The molecule has 6 nitrogen and oxygen atoms in total. The standard InChI is InChI=1S/C11H10N6S2/c1-5-6(2)19-11-7(5)10(13-3-14-11)17-4-15-9(16-17)8(12)18/h3-4H,1-2H3,(H2,12,18). The van der Waals surface area contributed by atoms with Crippen molar-refractivity contribution in [2.45, 2.75) is 13.8 Å². The summed E-state index contributed by atoms with van der Waals surface area (Å²) in [4.78, 5) is 15.0. The molecule has 0 aliphatic heterocycles. The predicted octanol–water partition coefficient (Wildman–Crippen LogP) is 1.52. The topological polar surface area (TPSA) is 82.5 Å². The first-order valence-corrected chi connectivity index (χ1v) is 6.73. The zero-order chi connectivity index (χ0) is 13.6. The summed E-state index contributed by atoms with van der Waals surface area (Å²) < 4.78 is 1.58. The van der Waals surface area contributed by atoms with Crippen molar-refractivity contribution in [1.29, 1.82) is 0 Å². The van der Waals surface area contributed by atoms with Gasteiger partial charge in [-0.2, -0.15) is 0 Å². The number of hydrogen-bond acceptors (Lipinski definition) is 6. The van der Waals surface area contributed by atoms with Crippen LogP contribution in [0.15, 0.2) is 12.7 Å². The van der Waals surface area contributed by atoms with Gasteiger partial charge in [-0.15, -0.1) is 16.4 Å². The molecule has 0 aromatic carbocycles. The smallest absolute Gasteiger partial charge is 0.208 e. The number of nitrogens with zero attached hydrogens (tertiary/aromatic N) is 5. The summed E-state index contributed by atoms with van der Waals surface area (Å²) in [6.45, 7) is 4.11. The molecule has 0 spiro atoms. The Labute approximate surface area is 118 Å². The molecule has 0 radical (unpaired) electrons. The van der Waals surface area contributed by atoms with E-state index in [1.54, 1.807) is 22.3 Å². The molecule has 0 aliphatic rings. The lowest BCUT2D eigenvalue weighted by molar-refractivity contribution is 0.846. The van der Waals surface area contributed by atoms with Gasteiger partial charge in [0.15, 0.2) is 5.82 Å². The van der Waals surface area contributed by atoms with Crippen LogP contribution in [0.2, 0.25) is 0 Å². The molecule has 8 heteroatoms. The van der Waals surface area contributed by atoms with Crippen LogP contribution in [0.3, 0.4) is 0 Å². The lowest BCUT2D eigenvalue weighted by atomic mass is 10.2. The maximum absolute atomic E-state index is 5.51. The van der Waals surface area contributed by atoms with E-state index in [2.05, 4.69) is 27.0 Å². The summed E-state index contributed by atoms with van der Waals surface area (Å²) >= 11 is 6.50. The molecule has 3 aromatic heterocycles.